The van der Waals surface area contributed by atoms with E-state index in [9.17, 15) is 0 Å². The van der Waals surface area contributed by atoms with Crippen LogP contribution in [0.4, 0.5) is 0 Å². The minimum Gasteiger partial charge on any atom is -0.457 e. The summed E-state index contributed by atoms with van der Waals surface area (Å²) >= 11 is 3.50. The summed E-state index contributed by atoms with van der Waals surface area (Å²) in [6.07, 6.45) is 0. The van der Waals surface area contributed by atoms with Crippen LogP contribution in [0.15, 0.2) is 114 Å². The third-order valence-corrected chi connectivity index (χ3v) is 5.52. The molecule has 0 unspecified atom stereocenters. The number of hydrogen-bond acceptors (Lipinski definition) is 2. The minimum atomic E-state index is 0.795. The van der Waals surface area contributed by atoms with E-state index < -0.39 is 0 Å². The molecule has 4 heteroatoms. The van der Waals surface area contributed by atoms with E-state index in [1.807, 2.05) is 72.8 Å². The standard InChI is InChI=1S/C27H19BrN2O/c28-22-15-11-21(12-16-22)27-29-25(19-7-3-1-4-8-19)26(30-27)20-13-17-24(18-14-20)31-23-9-5-2-6-10-23/h1-18H,(H,29,30). The quantitative estimate of drug-likeness (QED) is 0.285. The lowest BCUT2D eigenvalue weighted by atomic mass is 10.1. The molecule has 31 heavy (non-hydrogen) atoms. The first kappa shape index (κ1) is 19.3. The molecule has 0 fully saturated rings. The Labute approximate surface area is 189 Å². The largest absolute Gasteiger partial charge is 0.457 e. The van der Waals surface area contributed by atoms with E-state index in [1.54, 1.807) is 0 Å². The first-order chi connectivity index (χ1) is 15.3. The molecule has 0 aliphatic carbocycles. The number of hydrogen-bond donors (Lipinski definition) is 1. The average Bonchev–Trinajstić information content (AvgIpc) is 3.27. The molecule has 0 aliphatic rings. The highest BCUT2D eigenvalue weighted by atomic mass is 79.9. The number of halogens is 1. The number of aromatic amines is 1. The van der Waals surface area contributed by atoms with Crippen molar-refractivity contribution in [2.75, 3.05) is 0 Å². The van der Waals surface area contributed by atoms with Crippen molar-refractivity contribution in [3.63, 3.8) is 0 Å². The fourth-order valence-corrected chi connectivity index (χ4v) is 3.71. The predicted molar refractivity (Wildman–Crippen MR) is 129 cm³/mol. The molecule has 0 saturated heterocycles. The molecule has 1 aromatic heterocycles. The highest BCUT2D eigenvalue weighted by Gasteiger charge is 2.15. The van der Waals surface area contributed by atoms with Crippen LogP contribution in [0.25, 0.3) is 33.9 Å². The molecule has 3 nitrogen and oxygen atoms in total. The van der Waals surface area contributed by atoms with Crippen molar-refractivity contribution in [2.24, 2.45) is 0 Å². The zero-order chi connectivity index (χ0) is 21.0. The van der Waals surface area contributed by atoms with Crippen LogP contribution in [-0.2, 0) is 0 Å². The highest BCUT2D eigenvalue weighted by Crippen LogP contribution is 2.34. The summed E-state index contributed by atoms with van der Waals surface area (Å²) in [6, 6.07) is 36.3. The van der Waals surface area contributed by atoms with Gasteiger partial charge in [-0.15, -0.1) is 0 Å². The fourth-order valence-electron chi connectivity index (χ4n) is 3.45. The topological polar surface area (TPSA) is 37.9 Å². The summed E-state index contributed by atoms with van der Waals surface area (Å²) in [5.74, 6) is 2.45. The molecular weight excluding hydrogens is 448 g/mol. The third-order valence-electron chi connectivity index (χ3n) is 4.99. The molecule has 0 amide bonds. The van der Waals surface area contributed by atoms with E-state index in [0.29, 0.717) is 0 Å². The van der Waals surface area contributed by atoms with Crippen molar-refractivity contribution in [1.29, 1.82) is 0 Å². The smallest absolute Gasteiger partial charge is 0.138 e. The van der Waals surface area contributed by atoms with Crippen LogP contribution in [0.1, 0.15) is 0 Å². The Bertz CT molecular complexity index is 1280. The average molecular weight is 467 g/mol. The number of rotatable bonds is 5. The van der Waals surface area contributed by atoms with Gasteiger partial charge >= 0.3 is 0 Å². The molecule has 5 aromatic rings. The van der Waals surface area contributed by atoms with Crippen molar-refractivity contribution < 1.29 is 4.74 Å². The summed E-state index contributed by atoms with van der Waals surface area (Å²) in [7, 11) is 0. The van der Waals surface area contributed by atoms with E-state index in [0.717, 1.165) is 49.9 Å². The first-order valence-corrected chi connectivity index (χ1v) is 10.8. The van der Waals surface area contributed by atoms with E-state index in [2.05, 4.69) is 57.3 Å². The van der Waals surface area contributed by atoms with Gasteiger partial charge in [-0.05, 0) is 48.5 Å². The molecule has 5 rings (SSSR count). The zero-order valence-corrected chi connectivity index (χ0v) is 18.2. The Morgan fingerprint density at radius 2 is 1.16 bits per heavy atom. The number of benzene rings is 4. The van der Waals surface area contributed by atoms with Crippen molar-refractivity contribution in [2.45, 2.75) is 0 Å². The van der Waals surface area contributed by atoms with Gasteiger partial charge in [-0.2, -0.15) is 0 Å². The van der Waals surface area contributed by atoms with E-state index >= 15 is 0 Å². The lowest BCUT2D eigenvalue weighted by molar-refractivity contribution is 0.483. The SMILES string of the molecule is Brc1ccc(-c2nc(-c3ccccc3)c(-c3ccc(Oc4ccccc4)cc3)[nH]2)cc1. The van der Waals surface area contributed by atoms with E-state index in [1.165, 1.54) is 0 Å². The normalized spacial score (nSPS) is 10.7. The van der Waals surface area contributed by atoms with Crippen molar-refractivity contribution >= 4 is 15.9 Å². The van der Waals surface area contributed by atoms with Gasteiger partial charge in [0.25, 0.3) is 0 Å². The zero-order valence-electron chi connectivity index (χ0n) is 16.6. The van der Waals surface area contributed by atoms with Crippen LogP contribution in [-0.4, -0.2) is 9.97 Å². The number of H-pyrrole nitrogens is 1. The number of nitrogens with one attached hydrogen (secondary N) is 1. The van der Waals surface area contributed by atoms with Crippen LogP contribution >= 0.6 is 15.9 Å². The molecule has 0 atom stereocenters. The minimum absolute atomic E-state index is 0.795. The van der Waals surface area contributed by atoms with Gasteiger partial charge in [-0.25, -0.2) is 4.98 Å². The summed E-state index contributed by atoms with van der Waals surface area (Å²) in [4.78, 5) is 8.48. The molecule has 0 aliphatic heterocycles. The maximum absolute atomic E-state index is 5.94. The van der Waals surface area contributed by atoms with Crippen molar-refractivity contribution in [1.82, 2.24) is 9.97 Å². The monoisotopic (exact) mass is 466 g/mol. The Kier molecular flexibility index (Phi) is 5.38. The predicted octanol–water partition coefficient (Wildman–Crippen LogP) is 7.97. The third kappa shape index (κ3) is 4.30. The molecule has 150 valence electrons. The van der Waals surface area contributed by atoms with Gasteiger partial charge in [0.2, 0.25) is 0 Å². The molecule has 1 N–H and O–H groups in total. The lowest BCUT2D eigenvalue weighted by Gasteiger charge is -2.07. The van der Waals surface area contributed by atoms with Crippen LogP contribution < -0.4 is 4.74 Å². The summed E-state index contributed by atoms with van der Waals surface area (Å²) in [6.45, 7) is 0. The molecule has 4 aromatic carbocycles. The molecular formula is C27H19BrN2O. The first-order valence-electron chi connectivity index (χ1n) is 10.0. The van der Waals surface area contributed by atoms with Gasteiger partial charge in [0.05, 0.1) is 11.4 Å². The van der Waals surface area contributed by atoms with Crippen LogP contribution in [0.3, 0.4) is 0 Å². The van der Waals surface area contributed by atoms with Gasteiger partial charge in [0.1, 0.15) is 17.3 Å². The highest BCUT2D eigenvalue weighted by molar-refractivity contribution is 9.10. The number of para-hydroxylation sites is 1. The number of nitrogens with zero attached hydrogens (tertiary/aromatic N) is 1. The van der Waals surface area contributed by atoms with Crippen LogP contribution in [0, 0.1) is 0 Å². The lowest BCUT2D eigenvalue weighted by Crippen LogP contribution is -1.86. The molecule has 0 bridgehead atoms. The van der Waals surface area contributed by atoms with E-state index in [4.69, 9.17) is 9.72 Å². The van der Waals surface area contributed by atoms with Gasteiger partial charge in [-0.1, -0.05) is 76.6 Å². The van der Waals surface area contributed by atoms with E-state index in [-0.39, 0.29) is 0 Å². The Morgan fingerprint density at radius 3 is 1.84 bits per heavy atom. The molecule has 1 heterocycles. The maximum atomic E-state index is 5.94. The Morgan fingerprint density at radius 1 is 0.581 bits per heavy atom. The second kappa shape index (κ2) is 8.62. The Hall–Kier alpha value is -3.63. The summed E-state index contributed by atoms with van der Waals surface area (Å²) in [5.41, 5.74) is 5.07. The second-order valence-corrected chi connectivity index (χ2v) is 8.04. The van der Waals surface area contributed by atoms with Crippen molar-refractivity contribution in [3.05, 3.63) is 114 Å². The van der Waals surface area contributed by atoms with Crippen LogP contribution in [0.2, 0.25) is 0 Å². The summed E-state index contributed by atoms with van der Waals surface area (Å²) in [5, 5.41) is 0. The van der Waals surface area contributed by atoms with Gasteiger partial charge < -0.3 is 9.72 Å². The number of ether oxygens (including phenoxy) is 1. The fraction of sp³-hybridized carbons (Fsp3) is 0. The molecule has 0 spiro atoms. The number of aromatic nitrogens is 2. The van der Waals surface area contributed by atoms with Gasteiger partial charge in [0.15, 0.2) is 0 Å². The van der Waals surface area contributed by atoms with Gasteiger partial charge in [-0.3, -0.25) is 0 Å². The van der Waals surface area contributed by atoms with Crippen molar-refractivity contribution in [3.8, 4) is 45.4 Å². The van der Waals surface area contributed by atoms with Crippen LogP contribution in [0.5, 0.6) is 11.5 Å². The number of imidazole rings is 1. The maximum Gasteiger partial charge on any atom is 0.138 e. The molecule has 0 radical (unpaired) electrons. The Balaban J connectivity index is 1.53. The summed E-state index contributed by atoms with van der Waals surface area (Å²) < 4.78 is 6.98. The second-order valence-electron chi connectivity index (χ2n) is 7.12. The van der Waals surface area contributed by atoms with Gasteiger partial charge in [0, 0.05) is 21.2 Å². The molecule has 0 saturated carbocycles.